The molecule has 0 bridgehead atoms. The Bertz CT molecular complexity index is 271. The van der Waals surface area contributed by atoms with Gasteiger partial charge in [-0.2, -0.15) is 0 Å². The monoisotopic (exact) mass is 396 g/mol. The summed E-state index contributed by atoms with van der Waals surface area (Å²) >= 11 is 0. The first-order valence-corrected chi connectivity index (χ1v) is 16.5. The minimum Gasteiger partial charge on any atom is -0.0693 e. The second-order valence-corrected chi connectivity index (χ2v) is 15.4. The molecule has 0 amide bonds. The molecular weight excluding hydrogens is 340 g/mol. The van der Waals surface area contributed by atoms with Gasteiger partial charge in [0.2, 0.25) is 0 Å². The molecule has 27 heavy (non-hydrogen) atoms. The van der Waals surface area contributed by atoms with Crippen molar-refractivity contribution in [2.45, 2.75) is 167 Å². The van der Waals surface area contributed by atoms with Crippen molar-refractivity contribution in [1.29, 1.82) is 0 Å². The van der Waals surface area contributed by atoms with Gasteiger partial charge in [0, 0.05) is 8.07 Å². The fourth-order valence-corrected chi connectivity index (χ4v) is 6.97. The zero-order valence-electron chi connectivity index (χ0n) is 20.1. The first-order chi connectivity index (χ1) is 13.1. The lowest BCUT2D eigenvalue weighted by Gasteiger charge is -2.22. The van der Waals surface area contributed by atoms with Crippen LogP contribution in [0.25, 0.3) is 0 Å². The summed E-state index contributed by atoms with van der Waals surface area (Å²) in [5, 5.41) is 0. The maximum absolute atomic E-state index is 2.63. The lowest BCUT2D eigenvalue weighted by atomic mass is 10.0. The Morgan fingerprint density at radius 3 is 0.852 bits per heavy atom. The smallest absolute Gasteiger partial charge is 0.0473 e. The summed E-state index contributed by atoms with van der Waals surface area (Å²) in [6.07, 6.45) is 29.5. The highest BCUT2D eigenvalue weighted by atomic mass is 28.3. The number of unbranched alkanes of at least 4 members (excludes halogenated alkanes) is 18. The Labute approximate surface area is 175 Å². The SMILES string of the molecule is CCCCCCCCCCCCCCCCCC[Si](C)(C)CCCCCC. The first-order valence-electron chi connectivity index (χ1n) is 13.1. The summed E-state index contributed by atoms with van der Waals surface area (Å²) < 4.78 is 0. The number of hydrogen-bond donors (Lipinski definition) is 0. The zero-order valence-corrected chi connectivity index (χ0v) is 21.1. The summed E-state index contributed by atoms with van der Waals surface area (Å²) in [5.41, 5.74) is 0. The minimum atomic E-state index is -0.860. The van der Waals surface area contributed by atoms with E-state index in [-0.39, 0.29) is 0 Å². The van der Waals surface area contributed by atoms with Gasteiger partial charge in [0.05, 0.1) is 0 Å². The third-order valence-electron chi connectivity index (χ3n) is 6.41. The molecule has 0 aliphatic rings. The molecule has 0 radical (unpaired) electrons. The van der Waals surface area contributed by atoms with Gasteiger partial charge in [-0.15, -0.1) is 0 Å². The lowest BCUT2D eigenvalue weighted by Crippen LogP contribution is -2.24. The van der Waals surface area contributed by atoms with E-state index in [1.54, 1.807) is 12.1 Å². The van der Waals surface area contributed by atoms with Crippen molar-refractivity contribution >= 4 is 8.07 Å². The van der Waals surface area contributed by atoms with E-state index in [4.69, 9.17) is 0 Å². The van der Waals surface area contributed by atoms with Crippen LogP contribution in [0, 0.1) is 0 Å². The number of rotatable bonds is 22. The van der Waals surface area contributed by atoms with E-state index in [0.717, 1.165) is 0 Å². The highest BCUT2D eigenvalue weighted by molar-refractivity contribution is 6.77. The fourth-order valence-electron chi connectivity index (χ4n) is 4.31. The van der Waals surface area contributed by atoms with Gasteiger partial charge < -0.3 is 0 Å². The van der Waals surface area contributed by atoms with Gasteiger partial charge in [-0.1, -0.05) is 167 Å². The Hall–Kier alpha value is 0.217. The second kappa shape index (κ2) is 20.9. The third kappa shape index (κ3) is 22.4. The molecule has 0 aliphatic heterocycles. The topological polar surface area (TPSA) is 0 Å². The van der Waals surface area contributed by atoms with Crippen molar-refractivity contribution in [3.05, 3.63) is 0 Å². The molecule has 0 saturated heterocycles. The molecule has 0 spiro atoms. The first kappa shape index (κ1) is 27.2. The van der Waals surface area contributed by atoms with Crippen LogP contribution in [-0.2, 0) is 0 Å². The number of hydrogen-bond acceptors (Lipinski definition) is 0. The van der Waals surface area contributed by atoms with Crippen molar-refractivity contribution in [2.75, 3.05) is 0 Å². The third-order valence-corrected chi connectivity index (χ3v) is 9.83. The summed E-state index contributed by atoms with van der Waals surface area (Å²) in [6.45, 7) is 9.88. The van der Waals surface area contributed by atoms with Crippen molar-refractivity contribution in [1.82, 2.24) is 0 Å². The standard InChI is InChI=1S/C26H56Si/c1-5-7-9-11-12-13-14-15-16-17-18-19-20-21-22-24-26-27(3,4)25-23-10-8-6-2/h5-26H2,1-4H3. The van der Waals surface area contributed by atoms with Crippen LogP contribution in [0.5, 0.6) is 0 Å². The molecule has 164 valence electrons. The predicted octanol–water partition coefficient (Wildman–Crippen LogP) is 10.5. The van der Waals surface area contributed by atoms with Gasteiger partial charge in [-0.05, 0) is 0 Å². The van der Waals surface area contributed by atoms with Crippen LogP contribution >= 0.6 is 0 Å². The van der Waals surface area contributed by atoms with Gasteiger partial charge in [0.15, 0.2) is 0 Å². The molecule has 0 saturated carbocycles. The molecule has 0 heterocycles. The van der Waals surface area contributed by atoms with Crippen LogP contribution in [0.4, 0.5) is 0 Å². The van der Waals surface area contributed by atoms with E-state index >= 15 is 0 Å². The molecule has 0 aromatic carbocycles. The molecule has 0 aromatic rings. The van der Waals surface area contributed by atoms with E-state index in [9.17, 15) is 0 Å². The summed E-state index contributed by atoms with van der Waals surface area (Å²) in [7, 11) is -0.860. The van der Waals surface area contributed by atoms with Gasteiger partial charge in [-0.3, -0.25) is 0 Å². The van der Waals surface area contributed by atoms with Crippen LogP contribution < -0.4 is 0 Å². The van der Waals surface area contributed by atoms with E-state index in [2.05, 4.69) is 26.9 Å². The quantitative estimate of drug-likeness (QED) is 0.126. The second-order valence-electron chi connectivity index (χ2n) is 10.0. The Morgan fingerprint density at radius 2 is 0.556 bits per heavy atom. The molecule has 0 rings (SSSR count). The van der Waals surface area contributed by atoms with Crippen molar-refractivity contribution in [3.8, 4) is 0 Å². The molecule has 1 heteroatoms. The average Bonchev–Trinajstić information content (AvgIpc) is 2.65. The maximum Gasteiger partial charge on any atom is 0.0473 e. The molecule has 0 N–H and O–H groups in total. The Morgan fingerprint density at radius 1 is 0.333 bits per heavy atom. The molecule has 0 fully saturated rings. The van der Waals surface area contributed by atoms with E-state index in [1.807, 2.05) is 0 Å². The Kier molecular flexibility index (Phi) is 21.1. The summed E-state index contributed by atoms with van der Waals surface area (Å²) in [6, 6.07) is 3.16. The van der Waals surface area contributed by atoms with Crippen LogP contribution in [0.15, 0.2) is 0 Å². The average molecular weight is 397 g/mol. The molecule has 0 nitrogen and oxygen atoms in total. The largest absolute Gasteiger partial charge is 0.0693 e. The summed E-state index contributed by atoms with van der Waals surface area (Å²) in [5.74, 6) is 0. The van der Waals surface area contributed by atoms with Crippen molar-refractivity contribution < 1.29 is 0 Å². The van der Waals surface area contributed by atoms with Gasteiger partial charge in [0.1, 0.15) is 0 Å². The van der Waals surface area contributed by atoms with Gasteiger partial charge in [0.25, 0.3) is 0 Å². The maximum atomic E-state index is 2.63. The fraction of sp³-hybridized carbons (Fsp3) is 1.00. The van der Waals surface area contributed by atoms with E-state index in [1.165, 1.54) is 128 Å². The minimum absolute atomic E-state index is 0.860. The van der Waals surface area contributed by atoms with Gasteiger partial charge in [-0.25, -0.2) is 0 Å². The van der Waals surface area contributed by atoms with Gasteiger partial charge >= 0.3 is 0 Å². The van der Waals surface area contributed by atoms with Crippen LogP contribution in [0.2, 0.25) is 25.2 Å². The lowest BCUT2D eigenvalue weighted by molar-refractivity contribution is 0.531. The molecular formula is C26H56Si. The highest BCUT2D eigenvalue weighted by Crippen LogP contribution is 2.23. The van der Waals surface area contributed by atoms with E-state index in [0.29, 0.717) is 0 Å². The van der Waals surface area contributed by atoms with Crippen LogP contribution in [0.3, 0.4) is 0 Å². The van der Waals surface area contributed by atoms with E-state index < -0.39 is 8.07 Å². The van der Waals surface area contributed by atoms with Crippen molar-refractivity contribution in [2.24, 2.45) is 0 Å². The van der Waals surface area contributed by atoms with Crippen molar-refractivity contribution in [3.63, 3.8) is 0 Å². The molecule has 0 aromatic heterocycles. The van der Waals surface area contributed by atoms with Crippen LogP contribution in [0.1, 0.15) is 142 Å². The molecule has 0 unspecified atom stereocenters. The molecule has 0 aliphatic carbocycles. The Balaban J connectivity index is 3.20. The summed E-state index contributed by atoms with van der Waals surface area (Å²) in [4.78, 5) is 0. The predicted molar refractivity (Wildman–Crippen MR) is 131 cm³/mol. The zero-order chi connectivity index (χ0) is 20.1. The highest BCUT2D eigenvalue weighted by Gasteiger charge is 2.18. The van der Waals surface area contributed by atoms with Crippen LogP contribution in [-0.4, -0.2) is 8.07 Å². The normalized spacial score (nSPS) is 12.0. The molecule has 0 atom stereocenters.